The number of piperazine rings is 1. The van der Waals surface area contributed by atoms with Crippen molar-refractivity contribution < 1.29 is 23.1 Å². The molecule has 0 bridgehead atoms. The van der Waals surface area contributed by atoms with Crippen LogP contribution in [0.4, 0.5) is 10.1 Å². The molecule has 0 spiro atoms. The molecule has 1 aliphatic rings. The molecule has 2 heterocycles. The van der Waals surface area contributed by atoms with E-state index in [2.05, 4.69) is 9.64 Å². The molecule has 1 aromatic carbocycles. The van der Waals surface area contributed by atoms with Crippen LogP contribution in [0.2, 0.25) is 0 Å². The number of carbonyl (C=O) groups is 2. The van der Waals surface area contributed by atoms with Crippen LogP contribution in [-0.4, -0.2) is 50.1 Å². The van der Waals surface area contributed by atoms with Crippen LogP contribution in [0.1, 0.15) is 17.9 Å². The molecule has 3 rings (SSSR count). The minimum Gasteiger partial charge on any atom is -0.469 e. The minimum absolute atomic E-state index is 0.0775. The number of aryl methyl sites for hydroxylation is 1. The number of carbonyl (C=O) groups excluding carboxylic acids is 2. The number of methoxy groups -OCH3 is 1. The van der Waals surface area contributed by atoms with Crippen molar-refractivity contribution in [1.29, 1.82) is 0 Å². The van der Waals surface area contributed by atoms with Crippen molar-refractivity contribution in [1.82, 2.24) is 4.90 Å². The van der Waals surface area contributed by atoms with E-state index in [-0.39, 0.29) is 24.1 Å². The molecular formula is C21H23FN2O4. The average molecular weight is 386 g/mol. The summed E-state index contributed by atoms with van der Waals surface area (Å²) < 4.78 is 23.2. The Kier molecular flexibility index (Phi) is 6.47. The zero-order valence-corrected chi connectivity index (χ0v) is 15.8. The first kappa shape index (κ1) is 19.7. The summed E-state index contributed by atoms with van der Waals surface area (Å²) >= 11 is 0. The van der Waals surface area contributed by atoms with Gasteiger partial charge in [0.1, 0.15) is 17.3 Å². The van der Waals surface area contributed by atoms with Crippen LogP contribution in [0.25, 0.3) is 6.08 Å². The Morgan fingerprint density at radius 3 is 2.50 bits per heavy atom. The maximum absolute atomic E-state index is 13.0. The Morgan fingerprint density at radius 1 is 1.11 bits per heavy atom. The van der Waals surface area contributed by atoms with Crippen molar-refractivity contribution in [2.75, 3.05) is 38.2 Å². The topological polar surface area (TPSA) is 63.0 Å². The summed E-state index contributed by atoms with van der Waals surface area (Å²) in [5.74, 6) is 0.618. The third kappa shape index (κ3) is 5.22. The van der Waals surface area contributed by atoms with Gasteiger partial charge in [-0.15, -0.1) is 0 Å². The number of benzene rings is 1. The second-order valence-electron chi connectivity index (χ2n) is 6.50. The predicted molar refractivity (Wildman–Crippen MR) is 103 cm³/mol. The van der Waals surface area contributed by atoms with Gasteiger partial charge in [0.2, 0.25) is 5.91 Å². The molecule has 0 saturated carbocycles. The van der Waals surface area contributed by atoms with Gasteiger partial charge in [-0.05, 0) is 42.5 Å². The molecule has 1 fully saturated rings. The van der Waals surface area contributed by atoms with Gasteiger partial charge in [0.15, 0.2) is 0 Å². The number of furan rings is 1. The first-order chi connectivity index (χ1) is 13.5. The highest BCUT2D eigenvalue weighted by Gasteiger charge is 2.20. The molecule has 2 aromatic rings. The number of anilines is 1. The van der Waals surface area contributed by atoms with Crippen LogP contribution in [0.5, 0.6) is 0 Å². The van der Waals surface area contributed by atoms with Crippen LogP contribution >= 0.6 is 0 Å². The molecule has 1 aliphatic heterocycles. The molecule has 0 N–H and O–H groups in total. The van der Waals surface area contributed by atoms with E-state index in [0.717, 1.165) is 5.69 Å². The molecule has 1 aromatic heterocycles. The lowest BCUT2D eigenvalue weighted by Gasteiger charge is -2.35. The molecule has 0 unspecified atom stereocenters. The van der Waals surface area contributed by atoms with Crippen molar-refractivity contribution in [2.24, 2.45) is 0 Å². The van der Waals surface area contributed by atoms with Crippen LogP contribution < -0.4 is 4.90 Å². The summed E-state index contributed by atoms with van der Waals surface area (Å²) in [4.78, 5) is 27.5. The molecule has 7 heteroatoms. The molecular weight excluding hydrogens is 363 g/mol. The Labute approximate surface area is 163 Å². The quantitative estimate of drug-likeness (QED) is 0.564. The van der Waals surface area contributed by atoms with Crippen LogP contribution in [0, 0.1) is 5.82 Å². The number of halogens is 1. The Morgan fingerprint density at radius 2 is 1.82 bits per heavy atom. The van der Waals surface area contributed by atoms with Crippen LogP contribution in [0.3, 0.4) is 0 Å². The minimum atomic E-state index is -0.288. The highest BCUT2D eigenvalue weighted by Crippen LogP contribution is 2.17. The van der Waals surface area contributed by atoms with E-state index < -0.39 is 0 Å². The third-order valence-electron chi connectivity index (χ3n) is 4.66. The summed E-state index contributed by atoms with van der Waals surface area (Å²) in [5, 5.41) is 0. The zero-order valence-electron chi connectivity index (χ0n) is 15.8. The number of hydrogen-bond acceptors (Lipinski definition) is 5. The number of esters is 1. The molecule has 0 radical (unpaired) electrons. The van der Waals surface area contributed by atoms with Crippen molar-refractivity contribution >= 4 is 23.6 Å². The summed E-state index contributed by atoms with van der Waals surface area (Å²) in [6.07, 6.45) is 3.84. The highest BCUT2D eigenvalue weighted by molar-refractivity contribution is 5.91. The van der Waals surface area contributed by atoms with Crippen molar-refractivity contribution in [2.45, 2.75) is 12.8 Å². The lowest BCUT2D eigenvalue weighted by atomic mass is 10.2. The van der Waals surface area contributed by atoms with Crippen molar-refractivity contribution in [3.05, 3.63) is 59.8 Å². The zero-order chi connectivity index (χ0) is 19.9. The molecule has 28 heavy (non-hydrogen) atoms. The van der Waals surface area contributed by atoms with Crippen LogP contribution in [-0.2, 0) is 20.7 Å². The number of nitrogens with zero attached hydrogens (tertiary/aromatic N) is 2. The van der Waals surface area contributed by atoms with Gasteiger partial charge in [-0.1, -0.05) is 0 Å². The maximum Gasteiger partial charge on any atom is 0.305 e. The van der Waals surface area contributed by atoms with E-state index in [1.165, 1.54) is 25.3 Å². The fourth-order valence-electron chi connectivity index (χ4n) is 3.04. The van der Waals surface area contributed by atoms with Gasteiger partial charge in [0, 0.05) is 44.4 Å². The van der Waals surface area contributed by atoms with Gasteiger partial charge in [0.05, 0.1) is 13.5 Å². The van der Waals surface area contributed by atoms with Gasteiger partial charge in [-0.25, -0.2) is 4.39 Å². The van der Waals surface area contributed by atoms with Gasteiger partial charge in [-0.2, -0.15) is 0 Å². The molecule has 148 valence electrons. The number of hydrogen-bond donors (Lipinski definition) is 0. The summed E-state index contributed by atoms with van der Waals surface area (Å²) in [6, 6.07) is 9.94. The lowest BCUT2D eigenvalue weighted by molar-refractivity contribution is -0.140. The summed E-state index contributed by atoms with van der Waals surface area (Å²) in [7, 11) is 1.35. The average Bonchev–Trinajstić information content (AvgIpc) is 3.19. The smallest absolute Gasteiger partial charge is 0.305 e. The number of rotatable bonds is 6. The normalized spacial score (nSPS) is 14.5. The van der Waals surface area contributed by atoms with E-state index in [9.17, 15) is 14.0 Å². The summed E-state index contributed by atoms with van der Waals surface area (Å²) in [5.41, 5.74) is 0.958. The third-order valence-corrected chi connectivity index (χ3v) is 4.66. The molecule has 1 saturated heterocycles. The first-order valence-electron chi connectivity index (χ1n) is 9.18. The predicted octanol–water partition coefficient (Wildman–Crippen LogP) is 2.89. The standard InChI is InChI=1S/C21H23FN2O4/c1-27-21(26)11-9-19-7-6-18(28-19)8-10-20(25)24-14-12-23(13-15-24)17-4-2-16(22)3-5-17/h2-8,10H,9,11-15H2,1H3/b10-8+. The van der Waals surface area contributed by atoms with Gasteiger partial charge >= 0.3 is 5.97 Å². The van der Waals surface area contributed by atoms with E-state index in [0.29, 0.717) is 44.1 Å². The highest BCUT2D eigenvalue weighted by atomic mass is 19.1. The Balaban J connectivity index is 1.48. The molecule has 1 amide bonds. The Hall–Kier alpha value is -3.09. The first-order valence-corrected chi connectivity index (χ1v) is 9.18. The van der Waals surface area contributed by atoms with E-state index >= 15 is 0 Å². The lowest BCUT2D eigenvalue weighted by Crippen LogP contribution is -2.48. The number of amides is 1. The van der Waals surface area contributed by atoms with Gasteiger partial charge in [-0.3, -0.25) is 9.59 Å². The molecule has 6 nitrogen and oxygen atoms in total. The largest absolute Gasteiger partial charge is 0.469 e. The second kappa shape index (κ2) is 9.21. The van der Waals surface area contributed by atoms with E-state index in [1.807, 2.05) is 0 Å². The van der Waals surface area contributed by atoms with E-state index in [4.69, 9.17) is 4.42 Å². The summed E-state index contributed by atoms with van der Waals surface area (Å²) in [6.45, 7) is 2.60. The van der Waals surface area contributed by atoms with Crippen molar-refractivity contribution in [3.63, 3.8) is 0 Å². The van der Waals surface area contributed by atoms with Crippen molar-refractivity contribution in [3.8, 4) is 0 Å². The van der Waals surface area contributed by atoms with E-state index in [1.54, 1.807) is 35.2 Å². The molecule has 0 atom stereocenters. The van der Waals surface area contributed by atoms with Crippen LogP contribution in [0.15, 0.2) is 46.9 Å². The van der Waals surface area contributed by atoms with Gasteiger partial charge < -0.3 is 19.0 Å². The second-order valence-corrected chi connectivity index (χ2v) is 6.50. The molecule has 0 aliphatic carbocycles. The fraction of sp³-hybridized carbons (Fsp3) is 0.333. The van der Waals surface area contributed by atoms with Gasteiger partial charge in [0.25, 0.3) is 0 Å². The Bertz CT molecular complexity index is 836. The fourth-order valence-corrected chi connectivity index (χ4v) is 3.04. The number of ether oxygens (including phenoxy) is 1. The maximum atomic E-state index is 13.0. The monoisotopic (exact) mass is 386 g/mol. The SMILES string of the molecule is COC(=O)CCc1ccc(/C=C/C(=O)N2CCN(c3ccc(F)cc3)CC2)o1.